The van der Waals surface area contributed by atoms with Crippen molar-refractivity contribution in [2.75, 3.05) is 13.2 Å². The smallest absolute Gasteiger partial charge is 0.333 e. The lowest BCUT2D eigenvalue weighted by Crippen LogP contribution is -2.30. The molecule has 1 heterocycles. The topological polar surface area (TPSA) is 102 Å². The molecule has 9 heteroatoms. The molecule has 0 saturated carbocycles. The Bertz CT molecular complexity index is 1170. The van der Waals surface area contributed by atoms with Crippen molar-refractivity contribution in [1.29, 1.82) is 0 Å². The van der Waals surface area contributed by atoms with Crippen LogP contribution in [0.25, 0.3) is 6.08 Å². The van der Waals surface area contributed by atoms with Gasteiger partial charge in [0.05, 0.1) is 18.6 Å². The van der Waals surface area contributed by atoms with Crippen LogP contribution in [-0.2, 0) is 38.0 Å². The molecule has 1 aromatic carbocycles. The molecule has 0 aliphatic rings. The van der Waals surface area contributed by atoms with Gasteiger partial charge in [0.1, 0.15) is 29.1 Å². The third-order valence-corrected chi connectivity index (χ3v) is 8.06. The number of ether oxygens (including phenoxy) is 2. The molecule has 2 rings (SSSR count). The number of hydrogen-bond donors (Lipinski definition) is 0. The fourth-order valence-corrected chi connectivity index (χ4v) is 5.07. The van der Waals surface area contributed by atoms with E-state index in [9.17, 15) is 17.8 Å². The van der Waals surface area contributed by atoms with Crippen LogP contribution in [-0.4, -0.2) is 42.8 Å². The Kier molecular flexibility index (Phi) is 21.1. The molecule has 8 nitrogen and oxygen atoms in total. The van der Waals surface area contributed by atoms with Gasteiger partial charge in [0.25, 0.3) is 0 Å². The van der Waals surface area contributed by atoms with E-state index in [-0.39, 0.29) is 17.0 Å². The van der Waals surface area contributed by atoms with E-state index < -0.39 is 10.1 Å². The van der Waals surface area contributed by atoms with E-state index in [2.05, 4.69) is 20.1 Å². The molecule has 1 atom stereocenters. The molecule has 0 aliphatic heterocycles. The van der Waals surface area contributed by atoms with Crippen LogP contribution in [0.3, 0.4) is 0 Å². The number of imidazole rings is 1. The number of carbonyl (C=O) groups excluding carboxylic acids is 1. The van der Waals surface area contributed by atoms with Gasteiger partial charge in [-0.1, -0.05) is 122 Å². The second-order valence-electron chi connectivity index (χ2n) is 11.5. The quantitative estimate of drug-likeness (QED) is 0.0413. The predicted molar refractivity (Wildman–Crippen MR) is 176 cm³/mol. The zero-order valence-corrected chi connectivity index (χ0v) is 28.2. The van der Waals surface area contributed by atoms with Gasteiger partial charge in [0.2, 0.25) is 6.33 Å². The number of nitrogens with zero attached hydrogens (tertiary/aromatic N) is 2. The number of aromatic nitrogens is 2. The van der Waals surface area contributed by atoms with Crippen molar-refractivity contribution >= 4 is 22.2 Å². The molecule has 0 spiro atoms. The highest BCUT2D eigenvalue weighted by Gasteiger charge is 2.19. The summed E-state index contributed by atoms with van der Waals surface area (Å²) in [5.41, 5.74) is 1.20. The van der Waals surface area contributed by atoms with E-state index in [0.29, 0.717) is 18.7 Å². The first kappa shape index (κ1) is 39.3. The summed E-state index contributed by atoms with van der Waals surface area (Å²) in [6.07, 6.45) is 26.1. The third kappa shape index (κ3) is 19.5. The van der Waals surface area contributed by atoms with Gasteiger partial charge < -0.3 is 14.0 Å². The first-order valence-electron chi connectivity index (χ1n) is 16.2. The number of rotatable bonds is 23. The Morgan fingerprint density at radius 1 is 0.955 bits per heavy atom. The molecule has 0 aliphatic carbocycles. The van der Waals surface area contributed by atoms with Gasteiger partial charge in [-0.15, -0.1) is 0 Å². The zero-order valence-electron chi connectivity index (χ0n) is 27.4. The van der Waals surface area contributed by atoms with E-state index in [1.54, 1.807) is 13.0 Å². The number of hydrogen-bond acceptors (Lipinski definition) is 6. The van der Waals surface area contributed by atoms with Crippen molar-refractivity contribution in [2.24, 2.45) is 7.05 Å². The normalized spacial score (nSPS) is 11.8. The van der Waals surface area contributed by atoms with Crippen LogP contribution in [0.4, 0.5) is 0 Å². The van der Waals surface area contributed by atoms with Gasteiger partial charge in [0.15, 0.2) is 6.10 Å². The summed E-state index contributed by atoms with van der Waals surface area (Å²) < 4.78 is 46.7. The van der Waals surface area contributed by atoms with Crippen LogP contribution >= 0.6 is 0 Å². The zero-order chi connectivity index (χ0) is 32.6. The second kappa shape index (κ2) is 23.6. The maximum atomic E-state index is 11.9. The van der Waals surface area contributed by atoms with Crippen molar-refractivity contribution in [2.45, 2.75) is 121 Å². The highest BCUT2D eigenvalue weighted by Crippen LogP contribution is 2.13. The average Bonchev–Trinajstić information content (AvgIpc) is 3.40. The van der Waals surface area contributed by atoms with Gasteiger partial charge in [-0.3, -0.25) is 0 Å². The minimum Gasteiger partial charge on any atom is -0.744 e. The SMILES string of the molecule is C=C(C)C(=O)OC(COCCCCCCCCCCCCCCCC)Cn1cc[n+](C)c1.C=Cc1ccc(S(=O)(=O)[O-])cc1. The third-order valence-electron chi connectivity index (χ3n) is 7.21. The van der Waals surface area contributed by atoms with Crippen molar-refractivity contribution in [1.82, 2.24) is 4.57 Å². The summed E-state index contributed by atoms with van der Waals surface area (Å²) in [5, 5.41) is 0. The molecule has 0 radical (unpaired) electrons. The van der Waals surface area contributed by atoms with E-state index in [1.165, 1.54) is 108 Å². The standard InChI is InChI=1S/C27H49N2O3.C8H8O3S/c1-5-6-7-8-9-10-11-12-13-14-15-16-17-18-21-31-23-26(32-27(30)25(2)3)22-29-20-19-28(4)24-29;1-2-7-3-5-8(6-4-7)12(9,10)11/h19-20,24,26H,2,5-18,21-23H2,1,3-4H3;2-6H,1H2,(H,9,10,11)/q+1;/p-1. The summed E-state index contributed by atoms with van der Waals surface area (Å²) in [7, 11) is -2.34. The van der Waals surface area contributed by atoms with E-state index in [1.807, 2.05) is 34.9 Å². The fraction of sp³-hybridized carbons (Fsp3) is 0.600. The predicted octanol–water partition coefficient (Wildman–Crippen LogP) is 7.53. The monoisotopic (exact) mass is 632 g/mol. The Hall–Kier alpha value is -2.75. The van der Waals surface area contributed by atoms with Crippen molar-refractivity contribution in [3.8, 4) is 0 Å². The Morgan fingerprint density at radius 3 is 1.91 bits per heavy atom. The molecule has 0 saturated heterocycles. The molecule has 1 aromatic heterocycles. The lowest BCUT2D eigenvalue weighted by Gasteiger charge is -2.16. The largest absolute Gasteiger partial charge is 0.744 e. The van der Waals surface area contributed by atoms with Gasteiger partial charge in [-0.2, -0.15) is 0 Å². The molecule has 0 fully saturated rings. The van der Waals surface area contributed by atoms with Crippen LogP contribution in [0.1, 0.15) is 109 Å². The first-order chi connectivity index (χ1) is 21.1. The van der Waals surface area contributed by atoms with Crippen LogP contribution in [0, 0.1) is 0 Å². The highest BCUT2D eigenvalue weighted by atomic mass is 32.2. The molecule has 2 aromatic rings. The summed E-state index contributed by atoms with van der Waals surface area (Å²) in [5.74, 6) is -0.355. The minimum atomic E-state index is -4.31. The average molecular weight is 633 g/mol. The number of unbranched alkanes of at least 4 members (excludes halogenated alkanes) is 13. The number of carbonyl (C=O) groups is 1. The molecule has 1 unspecified atom stereocenters. The lowest BCUT2D eigenvalue weighted by atomic mass is 10.0. The molecule has 248 valence electrons. The van der Waals surface area contributed by atoms with Crippen LogP contribution in [0.15, 0.2) is 66.6 Å². The fourth-order valence-electron chi connectivity index (χ4n) is 4.60. The molecular weight excluding hydrogens is 576 g/mol. The highest BCUT2D eigenvalue weighted by molar-refractivity contribution is 7.85. The molecule has 0 bridgehead atoms. The second-order valence-corrected chi connectivity index (χ2v) is 12.9. The van der Waals surface area contributed by atoms with Gasteiger partial charge in [-0.25, -0.2) is 22.3 Å². The minimum absolute atomic E-state index is 0.215. The Balaban J connectivity index is 0.000000669. The summed E-state index contributed by atoms with van der Waals surface area (Å²) >= 11 is 0. The summed E-state index contributed by atoms with van der Waals surface area (Å²) in [6, 6.07) is 5.58. The Labute approximate surface area is 266 Å². The number of esters is 1. The van der Waals surface area contributed by atoms with Crippen LogP contribution in [0.2, 0.25) is 0 Å². The molecule has 0 N–H and O–H groups in total. The molecule has 0 amide bonds. The Morgan fingerprint density at radius 2 is 1.48 bits per heavy atom. The summed E-state index contributed by atoms with van der Waals surface area (Å²) in [6.45, 7) is 12.8. The van der Waals surface area contributed by atoms with E-state index in [0.717, 1.165) is 18.6 Å². The van der Waals surface area contributed by atoms with Gasteiger partial charge in [0, 0.05) is 12.2 Å². The van der Waals surface area contributed by atoms with Gasteiger partial charge >= 0.3 is 5.97 Å². The number of aryl methyl sites for hydroxylation is 1. The molecular formula is C35H56N2O6S. The van der Waals surface area contributed by atoms with Crippen molar-refractivity contribution < 1.29 is 31.8 Å². The van der Waals surface area contributed by atoms with E-state index >= 15 is 0 Å². The number of benzene rings is 1. The van der Waals surface area contributed by atoms with E-state index in [4.69, 9.17) is 9.47 Å². The van der Waals surface area contributed by atoms with Crippen molar-refractivity contribution in [3.63, 3.8) is 0 Å². The van der Waals surface area contributed by atoms with Crippen molar-refractivity contribution in [3.05, 3.63) is 67.3 Å². The van der Waals surface area contributed by atoms with Crippen LogP contribution in [0.5, 0.6) is 0 Å². The molecule has 44 heavy (non-hydrogen) atoms. The maximum Gasteiger partial charge on any atom is 0.333 e. The summed E-state index contributed by atoms with van der Waals surface area (Å²) in [4.78, 5) is 11.7. The first-order valence-corrected chi connectivity index (χ1v) is 17.6. The maximum absolute atomic E-state index is 11.9. The van der Waals surface area contributed by atoms with Gasteiger partial charge in [-0.05, 0) is 31.0 Å². The lowest BCUT2D eigenvalue weighted by molar-refractivity contribution is -0.671. The van der Waals surface area contributed by atoms with Crippen LogP contribution < -0.4 is 4.57 Å².